The number of fused-ring (bicyclic) bond motifs is 1. The SMILES string of the molecule is O=[N+]([O-])c1ccccc1-n1nc(C2CCCCN2Cc2ccccc2)c2c1NCCCC2. The number of hydrogen-bond donors (Lipinski definition) is 1. The van der Waals surface area contributed by atoms with E-state index >= 15 is 0 Å². The van der Waals surface area contributed by atoms with Gasteiger partial charge in [0.05, 0.1) is 16.7 Å². The number of benzene rings is 2. The van der Waals surface area contributed by atoms with E-state index in [9.17, 15) is 10.1 Å². The smallest absolute Gasteiger partial charge is 0.294 e. The largest absolute Gasteiger partial charge is 0.370 e. The summed E-state index contributed by atoms with van der Waals surface area (Å²) in [7, 11) is 0. The van der Waals surface area contributed by atoms with Crippen molar-refractivity contribution in [2.24, 2.45) is 0 Å². The van der Waals surface area contributed by atoms with Gasteiger partial charge in [-0.15, -0.1) is 0 Å². The maximum Gasteiger partial charge on any atom is 0.294 e. The van der Waals surface area contributed by atoms with Crippen LogP contribution in [0.25, 0.3) is 5.69 Å². The zero-order chi connectivity index (χ0) is 21.9. The van der Waals surface area contributed by atoms with E-state index in [2.05, 4.69) is 40.5 Å². The zero-order valence-electron chi connectivity index (χ0n) is 18.2. The molecule has 3 heterocycles. The van der Waals surface area contributed by atoms with Crippen molar-refractivity contribution in [2.45, 2.75) is 51.1 Å². The lowest BCUT2D eigenvalue weighted by Gasteiger charge is -2.35. The van der Waals surface area contributed by atoms with E-state index in [-0.39, 0.29) is 16.7 Å². The molecule has 2 aliphatic heterocycles. The highest BCUT2D eigenvalue weighted by molar-refractivity contribution is 5.60. The molecule has 32 heavy (non-hydrogen) atoms. The van der Waals surface area contributed by atoms with Crippen LogP contribution in [0.4, 0.5) is 11.5 Å². The van der Waals surface area contributed by atoms with Gasteiger partial charge < -0.3 is 5.32 Å². The fourth-order valence-electron chi connectivity index (χ4n) is 5.08. The lowest BCUT2D eigenvalue weighted by molar-refractivity contribution is -0.384. The summed E-state index contributed by atoms with van der Waals surface area (Å²) in [5.41, 5.74) is 4.23. The van der Waals surface area contributed by atoms with Gasteiger partial charge in [-0.2, -0.15) is 5.10 Å². The number of para-hydroxylation sites is 2. The molecular formula is C25H29N5O2. The van der Waals surface area contributed by atoms with Gasteiger partial charge >= 0.3 is 0 Å². The number of anilines is 1. The number of nitro groups is 1. The van der Waals surface area contributed by atoms with Gasteiger partial charge in [-0.05, 0) is 50.3 Å². The van der Waals surface area contributed by atoms with Crippen molar-refractivity contribution in [1.29, 1.82) is 0 Å². The maximum atomic E-state index is 11.7. The van der Waals surface area contributed by atoms with E-state index in [0.717, 1.165) is 56.8 Å². The van der Waals surface area contributed by atoms with Crippen LogP contribution in [0.2, 0.25) is 0 Å². The van der Waals surface area contributed by atoms with Crippen LogP contribution in [-0.4, -0.2) is 32.7 Å². The lowest BCUT2D eigenvalue weighted by Crippen LogP contribution is -2.33. The molecule has 1 fully saturated rings. The molecule has 1 aromatic heterocycles. The minimum atomic E-state index is -0.317. The Morgan fingerprint density at radius 3 is 2.69 bits per heavy atom. The Balaban J connectivity index is 1.59. The molecule has 5 rings (SSSR count). The van der Waals surface area contributed by atoms with Crippen molar-refractivity contribution in [3.8, 4) is 5.69 Å². The summed E-state index contributed by atoms with van der Waals surface area (Å²) >= 11 is 0. The van der Waals surface area contributed by atoms with Crippen LogP contribution in [0.1, 0.15) is 55.0 Å². The number of nitrogens with zero attached hydrogens (tertiary/aromatic N) is 4. The van der Waals surface area contributed by atoms with Gasteiger partial charge in [0.1, 0.15) is 11.5 Å². The Hall–Kier alpha value is -3.19. The summed E-state index contributed by atoms with van der Waals surface area (Å²) in [5.74, 6) is 0.928. The topological polar surface area (TPSA) is 76.2 Å². The second kappa shape index (κ2) is 9.12. The van der Waals surface area contributed by atoms with Crippen molar-refractivity contribution in [3.63, 3.8) is 0 Å². The third kappa shape index (κ3) is 4.00. The zero-order valence-corrected chi connectivity index (χ0v) is 18.2. The fraction of sp³-hybridized carbons (Fsp3) is 0.400. The van der Waals surface area contributed by atoms with E-state index in [1.807, 2.05) is 6.07 Å². The lowest BCUT2D eigenvalue weighted by atomic mass is 9.94. The molecule has 7 heteroatoms. The monoisotopic (exact) mass is 431 g/mol. The standard InChI is InChI=1S/C25H29N5O2/c31-30(32)22-14-5-4-13-21(22)29-25-20(12-6-8-16-26-25)24(27-29)23-15-7-9-17-28(23)18-19-10-2-1-3-11-19/h1-5,10-11,13-14,23,26H,6-9,12,15-18H2. The summed E-state index contributed by atoms with van der Waals surface area (Å²) in [6.07, 6.45) is 6.57. The van der Waals surface area contributed by atoms with Gasteiger partial charge in [-0.25, -0.2) is 4.68 Å². The first-order valence-corrected chi connectivity index (χ1v) is 11.6. The predicted octanol–water partition coefficient (Wildman–Crippen LogP) is 5.26. The Bertz CT molecular complexity index is 1090. The molecule has 1 N–H and O–H groups in total. The first-order valence-electron chi connectivity index (χ1n) is 11.6. The number of aromatic nitrogens is 2. The predicted molar refractivity (Wildman–Crippen MR) is 125 cm³/mol. The van der Waals surface area contributed by atoms with Crippen molar-refractivity contribution in [2.75, 3.05) is 18.4 Å². The fourth-order valence-corrected chi connectivity index (χ4v) is 5.08. The molecule has 0 saturated carbocycles. The van der Waals surface area contributed by atoms with Gasteiger partial charge in [0.15, 0.2) is 0 Å². The van der Waals surface area contributed by atoms with Gasteiger partial charge in [0, 0.05) is 24.7 Å². The summed E-state index contributed by atoms with van der Waals surface area (Å²) in [4.78, 5) is 14.0. The van der Waals surface area contributed by atoms with Gasteiger partial charge in [-0.1, -0.05) is 48.9 Å². The second-order valence-electron chi connectivity index (χ2n) is 8.72. The maximum absolute atomic E-state index is 11.7. The highest BCUT2D eigenvalue weighted by Crippen LogP contribution is 2.39. The quantitative estimate of drug-likeness (QED) is 0.441. The Morgan fingerprint density at radius 1 is 1.03 bits per heavy atom. The molecule has 0 amide bonds. The molecule has 0 aliphatic carbocycles. The molecule has 1 atom stereocenters. The van der Waals surface area contributed by atoms with Crippen molar-refractivity contribution in [3.05, 3.63) is 81.5 Å². The van der Waals surface area contributed by atoms with Crippen LogP contribution in [0, 0.1) is 10.1 Å². The van der Waals surface area contributed by atoms with E-state index < -0.39 is 0 Å². The van der Waals surface area contributed by atoms with Gasteiger partial charge in [0.2, 0.25) is 0 Å². The summed E-state index contributed by atoms with van der Waals surface area (Å²) in [6, 6.07) is 17.7. The Kier molecular flexibility index (Phi) is 5.90. The van der Waals surface area contributed by atoms with Crippen molar-refractivity contribution < 1.29 is 4.92 Å². The molecule has 7 nitrogen and oxygen atoms in total. The molecule has 2 aliphatic rings. The van der Waals surface area contributed by atoms with E-state index in [0.29, 0.717) is 5.69 Å². The van der Waals surface area contributed by atoms with Crippen LogP contribution < -0.4 is 5.32 Å². The summed E-state index contributed by atoms with van der Waals surface area (Å²) < 4.78 is 1.80. The van der Waals surface area contributed by atoms with Crippen LogP contribution in [0.15, 0.2) is 54.6 Å². The first-order chi connectivity index (χ1) is 15.7. The van der Waals surface area contributed by atoms with Gasteiger partial charge in [-0.3, -0.25) is 15.0 Å². The number of rotatable bonds is 5. The van der Waals surface area contributed by atoms with E-state index in [4.69, 9.17) is 5.10 Å². The Labute approximate surface area is 188 Å². The molecule has 1 unspecified atom stereocenters. The number of nitro benzene ring substituents is 1. The van der Waals surface area contributed by atoms with Crippen LogP contribution >= 0.6 is 0 Å². The first kappa shape index (κ1) is 20.7. The van der Waals surface area contributed by atoms with Crippen LogP contribution in [-0.2, 0) is 13.0 Å². The third-order valence-corrected chi connectivity index (χ3v) is 6.62. The summed E-state index contributed by atoms with van der Waals surface area (Å²) in [6.45, 7) is 2.79. The summed E-state index contributed by atoms with van der Waals surface area (Å²) in [5, 5.41) is 20.3. The average Bonchev–Trinajstić information content (AvgIpc) is 3.00. The van der Waals surface area contributed by atoms with Gasteiger partial charge in [0.25, 0.3) is 5.69 Å². The van der Waals surface area contributed by atoms with Crippen LogP contribution in [0.5, 0.6) is 0 Å². The second-order valence-corrected chi connectivity index (χ2v) is 8.72. The molecule has 0 radical (unpaired) electrons. The number of piperidine rings is 1. The normalized spacial score (nSPS) is 19.1. The number of hydrogen-bond acceptors (Lipinski definition) is 5. The molecule has 166 valence electrons. The molecule has 2 aromatic carbocycles. The Morgan fingerprint density at radius 2 is 1.84 bits per heavy atom. The number of likely N-dealkylation sites (tertiary alicyclic amines) is 1. The average molecular weight is 432 g/mol. The highest BCUT2D eigenvalue weighted by Gasteiger charge is 2.32. The molecule has 0 bridgehead atoms. The molecule has 3 aromatic rings. The van der Waals surface area contributed by atoms with Crippen LogP contribution in [0.3, 0.4) is 0 Å². The molecular weight excluding hydrogens is 402 g/mol. The van der Waals surface area contributed by atoms with E-state index in [1.165, 1.54) is 24.0 Å². The molecule has 0 spiro atoms. The molecule has 1 saturated heterocycles. The minimum absolute atomic E-state index is 0.0835. The number of nitrogens with one attached hydrogen (secondary N) is 1. The minimum Gasteiger partial charge on any atom is -0.370 e. The van der Waals surface area contributed by atoms with Crippen molar-refractivity contribution >= 4 is 11.5 Å². The van der Waals surface area contributed by atoms with E-state index in [1.54, 1.807) is 22.9 Å². The third-order valence-electron chi connectivity index (χ3n) is 6.62. The van der Waals surface area contributed by atoms with Crippen molar-refractivity contribution in [1.82, 2.24) is 14.7 Å². The highest BCUT2D eigenvalue weighted by atomic mass is 16.6.